The van der Waals surface area contributed by atoms with Gasteiger partial charge in [0, 0.05) is 6.08 Å². The third kappa shape index (κ3) is 4.13. The summed E-state index contributed by atoms with van der Waals surface area (Å²) in [6, 6.07) is 9.73. The SMILES string of the molecule is C=C(C)COC(=O)C=C(C)c1ccccc1. The first-order valence-electron chi connectivity index (χ1n) is 5.14. The molecule has 0 amide bonds. The van der Waals surface area contributed by atoms with Gasteiger partial charge in [-0.05, 0) is 30.6 Å². The van der Waals surface area contributed by atoms with Gasteiger partial charge in [-0.15, -0.1) is 0 Å². The van der Waals surface area contributed by atoms with Crippen molar-refractivity contribution in [1.29, 1.82) is 0 Å². The van der Waals surface area contributed by atoms with Crippen LogP contribution in [0.5, 0.6) is 0 Å². The maximum Gasteiger partial charge on any atom is 0.331 e. The van der Waals surface area contributed by atoms with E-state index in [4.69, 9.17) is 4.74 Å². The van der Waals surface area contributed by atoms with Crippen molar-refractivity contribution in [3.8, 4) is 0 Å². The Balaban J connectivity index is 2.63. The maximum atomic E-state index is 11.4. The summed E-state index contributed by atoms with van der Waals surface area (Å²) < 4.78 is 4.98. The predicted molar refractivity (Wildman–Crippen MR) is 65.9 cm³/mol. The molecule has 0 spiro atoms. The summed E-state index contributed by atoms with van der Waals surface area (Å²) in [5.74, 6) is -0.329. The average Bonchev–Trinajstić information content (AvgIpc) is 2.27. The molecule has 1 aromatic carbocycles. The van der Waals surface area contributed by atoms with Gasteiger partial charge < -0.3 is 4.74 Å². The van der Waals surface area contributed by atoms with E-state index in [1.54, 1.807) is 0 Å². The summed E-state index contributed by atoms with van der Waals surface area (Å²) in [7, 11) is 0. The fourth-order valence-electron chi connectivity index (χ4n) is 1.20. The van der Waals surface area contributed by atoms with Crippen LogP contribution < -0.4 is 0 Å². The van der Waals surface area contributed by atoms with E-state index in [-0.39, 0.29) is 12.6 Å². The van der Waals surface area contributed by atoms with E-state index in [2.05, 4.69) is 6.58 Å². The van der Waals surface area contributed by atoms with Crippen LogP contribution in [0.15, 0.2) is 48.6 Å². The molecule has 2 nitrogen and oxygen atoms in total. The van der Waals surface area contributed by atoms with E-state index in [1.165, 1.54) is 6.08 Å². The highest BCUT2D eigenvalue weighted by Gasteiger charge is 2.01. The highest BCUT2D eigenvalue weighted by Crippen LogP contribution is 2.12. The van der Waals surface area contributed by atoms with Crippen LogP contribution in [0.3, 0.4) is 0 Å². The zero-order chi connectivity index (χ0) is 12.0. The molecule has 2 heteroatoms. The summed E-state index contributed by atoms with van der Waals surface area (Å²) in [5, 5.41) is 0. The summed E-state index contributed by atoms with van der Waals surface area (Å²) >= 11 is 0. The van der Waals surface area contributed by atoms with E-state index in [0.717, 1.165) is 16.7 Å². The van der Waals surface area contributed by atoms with Gasteiger partial charge in [0.15, 0.2) is 0 Å². The fraction of sp³-hybridized carbons (Fsp3) is 0.214. The second-order valence-corrected chi connectivity index (χ2v) is 3.76. The van der Waals surface area contributed by atoms with Gasteiger partial charge in [0.25, 0.3) is 0 Å². The fourth-order valence-corrected chi connectivity index (χ4v) is 1.20. The minimum atomic E-state index is -0.329. The van der Waals surface area contributed by atoms with Crippen molar-refractivity contribution in [2.24, 2.45) is 0 Å². The first-order valence-corrected chi connectivity index (χ1v) is 5.14. The Morgan fingerprint density at radius 3 is 2.50 bits per heavy atom. The Kier molecular flexibility index (Phi) is 4.52. The van der Waals surface area contributed by atoms with Crippen LogP contribution in [-0.2, 0) is 9.53 Å². The van der Waals surface area contributed by atoms with Gasteiger partial charge in [0.1, 0.15) is 6.61 Å². The van der Waals surface area contributed by atoms with Crippen molar-refractivity contribution in [2.75, 3.05) is 6.61 Å². The summed E-state index contributed by atoms with van der Waals surface area (Å²) in [6.45, 7) is 7.65. The molecule has 0 saturated carbocycles. The van der Waals surface area contributed by atoms with Gasteiger partial charge in [-0.3, -0.25) is 0 Å². The number of esters is 1. The Morgan fingerprint density at radius 2 is 1.94 bits per heavy atom. The molecule has 0 bridgehead atoms. The molecule has 0 unspecified atom stereocenters. The molecule has 0 saturated heterocycles. The molecule has 1 aromatic rings. The van der Waals surface area contributed by atoms with Crippen LogP contribution in [-0.4, -0.2) is 12.6 Å². The number of carbonyl (C=O) groups is 1. The minimum absolute atomic E-state index is 0.275. The normalized spacial score (nSPS) is 11.0. The third-order valence-electron chi connectivity index (χ3n) is 2.02. The molecule has 0 radical (unpaired) electrons. The van der Waals surface area contributed by atoms with E-state index >= 15 is 0 Å². The average molecular weight is 216 g/mol. The number of hydrogen-bond acceptors (Lipinski definition) is 2. The van der Waals surface area contributed by atoms with E-state index in [9.17, 15) is 4.79 Å². The second kappa shape index (κ2) is 5.91. The third-order valence-corrected chi connectivity index (χ3v) is 2.02. The summed E-state index contributed by atoms with van der Waals surface area (Å²) in [4.78, 5) is 11.4. The molecular formula is C14H16O2. The molecule has 0 N–H and O–H groups in total. The summed E-state index contributed by atoms with van der Waals surface area (Å²) in [5.41, 5.74) is 2.75. The predicted octanol–water partition coefficient (Wildman–Crippen LogP) is 3.21. The van der Waals surface area contributed by atoms with Gasteiger partial charge in [-0.25, -0.2) is 4.79 Å². The van der Waals surface area contributed by atoms with Gasteiger partial charge in [-0.1, -0.05) is 36.9 Å². The first-order chi connectivity index (χ1) is 7.59. The Bertz CT molecular complexity index is 402. The topological polar surface area (TPSA) is 26.3 Å². The monoisotopic (exact) mass is 216 g/mol. The molecule has 0 aliphatic heterocycles. The number of benzene rings is 1. The first kappa shape index (κ1) is 12.2. The zero-order valence-corrected chi connectivity index (χ0v) is 9.69. The molecule has 0 aliphatic rings. The van der Waals surface area contributed by atoms with Crippen molar-refractivity contribution in [2.45, 2.75) is 13.8 Å². The quantitative estimate of drug-likeness (QED) is 0.439. The van der Waals surface area contributed by atoms with Crippen molar-refractivity contribution in [3.63, 3.8) is 0 Å². The molecule has 0 aliphatic carbocycles. The lowest BCUT2D eigenvalue weighted by molar-refractivity contribution is -0.136. The molecular weight excluding hydrogens is 200 g/mol. The van der Waals surface area contributed by atoms with Crippen LogP contribution in [0, 0.1) is 0 Å². The van der Waals surface area contributed by atoms with Crippen LogP contribution >= 0.6 is 0 Å². The second-order valence-electron chi connectivity index (χ2n) is 3.76. The van der Waals surface area contributed by atoms with Gasteiger partial charge in [-0.2, -0.15) is 0 Å². The lowest BCUT2D eigenvalue weighted by atomic mass is 10.1. The van der Waals surface area contributed by atoms with E-state index in [1.807, 2.05) is 44.2 Å². The van der Waals surface area contributed by atoms with E-state index < -0.39 is 0 Å². The highest BCUT2D eigenvalue weighted by atomic mass is 16.5. The Hall–Kier alpha value is -1.83. The molecule has 0 fully saturated rings. The van der Waals surface area contributed by atoms with Crippen LogP contribution in [0.1, 0.15) is 19.4 Å². The van der Waals surface area contributed by atoms with Gasteiger partial charge >= 0.3 is 5.97 Å². The minimum Gasteiger partial charge on any atom is -0.458 e. The lowest BCUT2D eigenvalue weighted by Crippen LogP contribution is -2.03. The van der Waals surface area contributed by atoms with Crippen molar-refractivity contribution < 1.29 is 9.53 Å². The van der Waals surface area contributed by atoms with Crippen molar-refractivity contribution >= 4 is 11.5 Å². The molecule has 1 rings (SSSR count). The number of hydrogen-bond donors (Lipinski definition) is 0. The molecule has 84 valence electrons. The Morgan fingerprint density at radius 1 is 1.31 bits per heavy atom. The van der Waals surface area contributed by atoms with Crippen molar-refractivity contribution in [1.82, 2.24) is 0 Å². The smallest absolute Gasteiger partial charge is 0.331 e. The molecule has 0 atom stereocenters. The Labute approximate surface area is 96.2 Å². The van der Waals surface area contributed by atoms with Gasteiger partial charge in [0.05, 0.1) is 0 Å². The number of ether oxygens (including phenoxy) is 1. The van der Waals surface area contributed by atoms with Crippen LogP contribution in [0.25, 0.3) is 5.57 Å². The van der Waals surface area contributed by atoms with E-state index in [0.29, 0.717) is 0 Å². The molecule has 16 heavy (non-hydrogen) atoms. The zero-order valence-electron chi connectivity index (χ0n) is 9.69. The molecule has 0 heterocycles. The van der Waals surface area contributed by atoms with Crippen LogP contribution in [0.4, 0.5) is 0 Å². The number of allylic oxidation sites excluding steroid dienone is 1. The highest BCUT2D eigenvalue weighted by molar-refractivity contribution is 5.90. The largest absolute Gasteiger partial charge is 0.458 e. The molecule has 0 aromatic heterocycles. The lowest BCUT2D eigenvalue weighted by Gasteiger charge is -2.03. The van der Waals surface area contributed by atoms with Crippen LogP contribution in [0.2, 0.25) is 0 Å². The van der Waals surface area contributed by atoms with Crippen molar-refractivity contribution in [3.05, 3.63) is 54.1 Å². The summed E-state index contributed by atoms with van der Waals surface area (Å²) in [6.07, 6.45) is 1.50. The maximum absolute atomic E-state index is 11.4. The van der Waals surface area contributed by atoms with Gasteiger partial charge in [0.2, 0.25) is 0 Å². The number of rotatable bonds is 4. The standard InChI is InChI=1S/C14H16O2/c1-11(2)10-16-14(15)9-12(3)13-7-5-4-6-8-13/h4-9H,1,10H2,2-3H3. The number of carbonyl (C=O) groups excluding carboxylic acids is 1.